The van der Waals surface area contributed by atoms with Gasteiger partial charge in [0.1, 0.15) is 5.82 Å². The number of thioether (sulfide) groups is 1. The maximum Gasteiger partial charge on any atom is 0.261 e. The third-order valence-corrected chi connectivity index (χ3v) is 7.07. The van der Waals surface area contributed by atoms with Gasteiger partial charge in [-0.2, -0.15) is 5.10 Å². The van der Waals surface area contributed by atoms with E-state index in [1.807, 2.05) is 23.0 Å². The minimum atomic E-state index is -0.138. The molecule has 1 fully saturated rings. The van der Waals surface area contributed by atoms with Gasteiger partial charge < -0.3 is 10.2 Å². The number of carbonyl (C=O) groups excluding carboxylic acids is 1. The average molecular weight is 507 g/mol. The largest absolute Gasteiger partial charge is 0.356 e. The van der Waals surface area contributed by atoms with Crippen molar-refractivity contribution in [2.45, 2.75) is 50.9 Å². The maximum absolute atomic E-state index is 12.6. The summed E-state index contributed by atoms with van der Waals surface area (Å²) in [6.45, 7) is 5.28. The predicted molar refractivity (Wildman–Crippen MR) is 141 cm³/mol. The lowest BCUT2D eigenvalue weighted by molar-refractivity contribution is -0.121. The van der Waals surface area contributed by atoms with Crippen LogP contribution in [-0.4, -0.2) is 60.6 Å². The van der Waals surface area contributed by atoms with E-state index in [9.17, 15) is 9.59 Å². The molecule has 0 saturated carbocycles. The molecular formula is C25H30N8O2S. The number of para-hydroxylation sites is 1. The Morgan fingerprint density at radius 2 is 1.92 bits per heavy atom. The first-order chi connectivity index (χ1) is 17.6. The fourth-order valence-corrected chi connectivity index (χ4v) is 5.06. The highest BCUT2D eigenvalue weighted by Gasteiger charge is 2.20. The standard InChI is InChI=1S/C25H30N8O2S/c1-2-36-25-29-22(31-12-6-3-7-13-31)19-16-28-33(23(19)30-25)15-11-26-21(34)10-14-32-17-27-20-9-5-4-8-18(20)24(32)35/h4-5,8-9,16-17H,2-3,6-7,10-15H2,1H3,(H,26,34). The summed E-state index contributed by atoms with van der Waals surface area (Å²) in [5, 5.41) is 9.75. The van der Waals surface area contributed by atoms with Crippen LogP contribution in [0.2, 0.25) is 0 Å². The number of rotatable bonds is 9. The third-order valence-electron chi connectivity index (χ3n) is 6.34. The molecule has 4 heterocycles. The molecule has 1 saturated heterocycles. The molecule has 4 aromatic rings. The van der Waals surface area contributed by atoms with Crippen molar-refractivity contribution in [1.29, 1.82) is 0 Å². The van der Waals surface area contributed by atoms with Gasteiger partial charge in [-0.25, -0.2) is 19.6 Å². The van der Waals surface area contributed by atoms with Crippen LogP contribution in [0.3, 0.4) is 0 Å². The number of anilines is 1. The third kappa shape index (κ3) is 5.20. The molecule has 3 aromatic heterocycles. The minimum absolute atomic E-state index is 0.127. The van der Waals surface area contributed by atoms with Crippen LogP contribution in [0, 0.1) is 0 Å². The number of benzene rings is 1. The summed E-state index contributed by atoms with van der Waals surface area (Å²) in [7, 11) is 0. The molecule has 1 aromatic carbocycles. The summed E-state index contributed by atoms with van der Waals surface area (Å²) >= 11 is 1.62. The normalized spacial score (nSPS) is 14.0. The van der Waals surface area contributed by atoms with Gasteiger partial charge in [-0.15, -0.1) is 0 Å². The smallest absolute Gasteiger partial charge is 0.261 e. The van der Waals surface area contributed by atoms with Crippen molar-refractivity contribution in [3.8, 4) is 0 Å². The van der Waals surface area contributed by atoms with Gasteiger partial charge in [-0.05, 0) is 37.1 Å². The van der Waals surface area contributed by atoms with Gasteiger partial charge in [0, 0.05) is 32.6 Å². The highest BCUT2D eigenvalue weighted by molar-refractivity contribution is 7.99. The summed E-state index contributed by atoms with van der Waals surface area (Å²) in [6, 6.07) is 7.21. The van der Waals surface area contributed by atoms with E-state index in [0.29, 0.717) is 24.0 Å². The Bertz CT molecular complexity index is 1430. The van der Waals surface area contributed by atoms with E-state index in [2.05, 4.69) is 27.2 Å². The molecule has 1 aliphatic rings. The van der Waals surface area contributed by atoms with E-state index >= 15 is 0 Å². The van der Waals surface area contributed by atoms with Crippen molar-refractivity contribution in [2.24, 2.45) is 0 Å². The van der Waals surface area contributed by atoms with Crippen molar-refractivity contribution >= 4 is 45.4 Å². The van der Waals surface area contributed by atoms with Gasteiger partial charge in [0.25, 0.3) is 5.56 Å². The Labute approximate surface area is 213 Å². The van der Waals surface area contributed by atoms with Crippen molar-refractivity contribution in [3.63, 3.8) is 0 Å². The van der Waals surface area contributed by atoms with E-state index in [-0.39, 0.29) is 24.4 Å². The number of amides is 1. The minimum Gasteiger partial charge on any atom is -0.356 e. The number of aromatic nitrogens is 6. The fourth-order valence-electron chi connectivity index (χ4n) is 4.50. The molecule has 0 spiro atoms. The highest BCUT2D eigenvalue weighted by Crippen LogP contribution is 2.29. The average Bonchev–Trinajstić information content (AvgIpc) is 3.31. The van der Waals surface area contributed by atoms with Gasteiger partial charge >= 0.3 is 0 Å². The SMILES string of the molecule is CCSc1nc(N2CCCCC2)c2cnn(CCNC(=O)CCn3cnc4ccccc4c3=O)c2n1. The maximum atomic E-state index is 12.6. The van der Waals surface area contributed by atoms with Gasteiger partial charge in [-0.3, -0.25) is 14.2 Å². The molecule has 36 heavy (non-hydrogen) atoms. The number of hydrogen-bond acceptors (Lipinski definition) is 8. The molecule has 5 rings (SSSR count). The second kappa shape index (κ2) is 11.1. The summed E-state index contributed by atoms with van der Waals surface area (Å²) in [4.78, 5) is 41.3. The number of hydrogen-bond donors (Lipinski definition) is 1. The first-order valence-corrected chi connectivity index (χ1v) is 13.4. The predicted octanol–water partition coefficient (Wildman–Crippen LogP) is 2.85. The molecule has 0 radical (unpaired) electrons. The summed E-state index contributed by atoms with van der Waals surface area (Å²) in [5.41, 5.74) is 1.31. The Hall–Kier alpha value is -3.47. The number of nitrogens with zero attached hydrogens (tertiary/aromatic N) is 7. The zero-order valence-electron chi connectivity index (χ0n) is 20.4. The van der Waals surface area contributed by atoms with Gasteiger partial charge in [0.2, 0.25) is 5.91 Å². The van der Waals surface area contributed by atoms with Crippen LogP contribution in [0.15, 0.2) is 46.7 Å². The van der Waals surface area contributed by atoms with Crippen LogP contribution >= 0.6 is 11.8 Å². The van der Waals surface area contributed by atoms with Gasteiger partial charge in [0.05, 0.1) is 35.4 Å². The van der Waals surface area contributed by atoms with Crippen LogP contribution < -0.4 is 15.8 Å². The topological polar surface area (TPSA) is 111 Å². The number of fused-ring (bicyclic) bond motifs is 2. The lowest BCUT2D eigenvalue weighted by Crippen LogP contribution is -2.31. The first-order valence-electron chi connectivity index (χ1n) is 12.5. The van der Waals surface area contributed by atoms with E-state index in [1.54, 1.807) is 23.9 Å². The van der Waals surface area contributed by atoms with Crippen molar-refractivity contribution in [2.75, 3.05) is 30.3 Å². The summed E-state index contributed by atoms with van der Waals surface area (Å²) in [6.07, 6.45) is 7.12. The zero-order chi connectivity index (χ0) is 24.9. The Morgan fingerprint density at radius 3 is 2.75 bits per heavy atom. The fraction of sp³-hybridized carbons (Fsp3) is 0.440. The van der Waals surface area contributed by atoms with Crippen molar-refractivity contribution < 1.29 is 4.79 Å². The monoisotopic (exact) mass is 506 g/mol. The second-order valence-electron chi connectivity index (χ2n) is 8.78. The summed E-state index contributed by atoms with van der Waals surface area (Å²) in [5.74, 6) is 1.73. The molecule has 0 unspecified atom stereocenters. The highest BCUT2D eigenvalue weighted by atomic mass is 32.2. The van der Waals surface area contributed by atoms with Crippen LogP contribution in [-0.2, 0) is 17.9 Å². The molecule has 1 amide bonds. The van der Waals surface area contributed by atoms with E-state index in [0.717, 1.165) is 40.9 Å². The number of nitrogens with one attached hydrogen (secondary N) is 1. The quantitative estimate of drug-likeness (QED) is 0.273. The molecule has 0 aliphatic carbocycles. The summed E-state index contributed by atoms with van der Waals surface area (Å²) < 4.78 is 3.32. The van der Waals surface area contributed by atoms with Crippen LogP contribution in [0.1, 0.15) is 32.6 Å². The van der Waals surface area contributed by atoms with Crippen LogP contribution in [0.5, 0.6) is 0 Å². The zero-order valence-corrected chi connectivity index (χ0v) is 21.2. The second-order valence-corrected chi connectivity index (χ2v) is 10.0. The van der Waals surface area contributed by atoms with Crippen LogP contribution in [0.25, 0.3) is 21.9 Å². The van der Waals surface area contributed by atoms with Gasteiger partial charge in [0.15, 0.2) is 10.8 Å². The van der Waals surface area contributed by atoms with Gasteiger partial charge in [-0.1, -0.05) is 30.8 Å². The van der Waals surface area contributed by atoms with Crippen molar-refractivity contribution in [3.05, 3.63) is 47.1 Å². The molecular weight excluding hydrogens is 476 g/mol. The Kier molecular flexibility index (Phi) is 7.45. The number of piperidine rings is 1. The van der Waals surface area contributed by atoms with E-state index < -0.39 is 0 Å². The molecule has 0 atom stereocenters. The Balaban J connectivity index is 1.23. The molecule has 1 N–H and O–H groups in total. The van der Waals surface area contributed by atoms with E-state index in [4.69, 9.17) is 9.97 Å². The number of carbonyl (C=O) groups is 1. The number of aryl methyl sites for hydroxylation is 1. The molecule has 11 heteroatoms. The Morgan fingerprint density at radius 1 is 1.08 bits per heavy atom. The lowest BCUT2D eigenvalue weighted by Gasteiger charge is -2.28. The van der Waals surface area contributed by atoms with E-state index in [1.165, 1.54) is 30.2 Å². The molecule has 1 aliphatic heterocycles. The molecule has 10 nitrogen and oxygen atoms in total. The first kappa shape index (κ1) is 24.2. The molecule has 188 valence electrons. The molecule has 0 bridgehead atoms. The van der Waals surface area contributed by atoms with Crippen molar-refractivity contribution in [1.82, 2.24) is 34.6 Å². The lowest BCUT2D eigenvalue weighted by atomic mass is 10.1. The van der Waals surface area contributed by atoms with Crippen LogP contribution in [0.4, 0.5) is 5.82 Å².